The van der Waals surface area contributed by atoms with Crippen LogP contribution in [0, 0.1) is 0 Å². The summed E-state index contributed by atoms with van der Waals surface area (Å²) in [6, 6.07) is 18.4. The van der Waals surface area contributed by atoms with Crippen molar-refractivity contribution < 1.29 is 0 Å². The normalized spacial score (nSPS) is 12.2. The lowest BCUT2D eigenvalue weighted by atomic mass is 10.1. The molecule has 2 aromatic carbocycles. The molecule has 0 aliphatic carbocycles. The summed E-state index contributed by atoms with van der Waals surface area (Å²) >= 11 is 0. The van der Waals surface area contributed by atoms with Crippen molar-refractivity contribution in [3.8, 4) is 0 Å². The summed E-state index contributed by atoms with van der Waals surface area (Å²) in [5.74, 6) is 0. The quantitative estimate of drug-likeness (QED) is 0.373. The summed E-state index contributed by atoms with van der Waals surface area (Å²) in [5.41, 5.74) is 4.20. The van der Waals surface area contributed by atoms with E-state index in [1.807, 2.05) is 60.7 Å². The van der Waals surface area contributed by atoms with Crippen molar-refractivity contribution in [3.63, 3.8) is 0 Å². The van der Waals surface area contributed by atoms with Gasteiger partial charge in [0, 0.05) is 12.1 Å². The lowest BCUT2D eigenvalue weighted by Crippen LogP contribution is -1.89. The molecule has 0 aromatic heterocycles. The summed E-state index contributed by atoms with van der Waals surface area (Å²) in [6.45, 7) is 7.51. The molecular formula is C24H23N. The molecule has 0 amide bonds. The Labute approximate surface area is 150 Å². The van der Waals surface area contributed by atoms with E-state index in [0.717, 1.165) is 23.4 Å². The van der Waals surface area contributed by atoms with E-state index in [1.54, 1.807) is 6.08 Å². The highest BCUT2D eigenvalue weighted by Crippen LogP contribution is 2.15. The van der Waals surface area contributed by atoms with E-state index in [0.29, 0.717) is 0 Å². The zero-order valence-electron chi connectivity index (χ0n) is 14.4. The zero-order chi connectivity index (χ0) is 17.7. The fraction of sp³-hybridized carbons (Fsp3) is 0.0417. The SMILES string of the molecule is C=C/C=C\C=C\c1ccc(N=C(C=C)C/C=C/c2ccccc2)cc1. The maximum Gasteiger partial charge on any atom is 0.0633 e. The highest BCUT2D eigenvalue weighted by molar-refractivity contribution is 5.97. The van der Waals surface area contributed by atoms with Crippen LogP contribution in [0.4, 0.5) is 5.69 Å². The van der Waals surface area contributed by atoms with Crippen molar-refractivity contribution >= 4 is 23.6 Å². The number of nitrogens with zero attached hydrogens (tertiary/aromatic N) is 1. The van der Waals surface area contributed by atoms with Crippen LogP contribution < -0.4 is 0 Å². The van der Waals surface area contributed by atoms with Gasteiger partial charge in [-0.3, -0.25) is 4.99 Å². The minimum atomic E-state index is 0.756. The average Bonchev–Trinajstić information content (AvgIpc) is 2.66. The van der Waals surface area contributed by atoms with Gasteiger partial charge in [0.1, 0.15) is 0 Å². The second-order valence-electron chi connectivity index (χ2n) is 5.40. The van der Waals surface area contributed by atoms with Gasteiger partial charge in [0.15, 0.2) is 0 Å². The smallest absolute Gasteiger partial charge is 0.0633 e. The van der Waals surface area contributed by atoms with Gasteiger partial charge in [0.2, 0.25) is 0 Å². The van der Waals surface area contributed by atoms with E-state index in [-0.39, 0.29) is 0 Å². The van der Waals surface area contributed by atoms with Gasteiger partial charge in [-0.05, 0) is 29.3 Å². The van der Waals surface area contributed by atoms with E-state index in [4.69, 9.17) is 0 Å². The molecule has 25 heavy (non-hydrogen) atoms. The maximum absolute atomic E-state index is 4.66. The highest BCUT2D eigenvalue weighted by Gasteiger charge is 1.94. The maximum atomic E-state index is 4.66. The monoisotopic (exact) mass is 325 g/mol. The first kappa shape index (κ1) is 18.2. The fourth-order valence-corrected chi connectivity index (χ4v) is 2.19. The van der Waals surface area contributed by atoms with E-state index in [1.165, 1.54) is 5.56 Å². The minimum Gasteiger partial charge on any atom is -0.253 e. The lowest BCUT2D eigenvalue weighted by molar-refractivity contribution is 1.42. The molecule has 1 nitrogen and oxygen atoms in total. The third-order valence-electron chi connectivity index (χ3n) is 3.49. The molecule has 0 unspecified atom stereocenters. The van der Waals surface area contributed by atoms with Crippen molar-refractivity contribution in [3.05, 3.63) is 115 Å². The Kier molecular flexibility index (Phi) is 7.67. The van der Waals surface area contributed by atoms with Gasteiger partial charge in [-0.1, -0.05) is 98.2 Å². The summed E-state index contributed by atoms with van der Waals surface area (Å²) in [7, 11) is 0. The molecule has 0 radical (unpaired) electrons. The Bertz CT molecular complexity index is 788. The van der Waals surface area contributed by atoms with Gasteiger partial charge in [-0.25, -0.2) is 0 Å². The molecule has 0 bridgehead atoms. The number of allylic oxidation sites excluding steroid dienone is 6. The van der Waals surface area contributed by atoms with Crippen molar-refractivity contribution in [2.75, 3.05) is 0 Å². The third kappa shape index (κ3) is 6.84. The first-order chi connectivity index (χ1) is 12.3. The second-order valence-corrected chi connectivity index (χ2v) is 5.40. The molecule has 0 saturated heterocycles. The van der Waals surface area contributed by atoms with Gasteiger partial charge < -0.3 is 0 Å². The Balaban J connectivity index is 2.00. The summed E-state index contributed by atoms with van der Waals surface area (Å²) in [6.07, 6.45) is 16.4. The van der Waals surface area contributed by atoms with Crippen LogP contribution in [0.15, 0.2) is 109 Å². The molecule has 0 atom stereocenters. The van der Waals surface area contributed by atoms with E-state index >= 15 is 0 Å². The van der Waals surface area contributed by atoms with Crippen molar-refractivity contribution in [2.24, 2.45) is 4.99 Å². The average molecular weight is 325 g/mol. The molecule has 0 N–H and O–H groups in total. The lowest BCUT2D eigenvalue weighted by Gasteiger charge is -2.00. The predicted octanol–water partition coefficient (Wildman–Crippen LogP) is 6.80. The first-order valence-electron chi connectivity index (χ1n) is 8.29. The largest absolute Gasteiger partial charge is 0.253 e. The van der Waals surface area contributed by atoms with Crippen LogP contribution in [0.1, 0.15) is 17.5 Å². The van der Waals surface area contributed by atoms with E-state index in [2.05, 4.69) is 54.6 Å². The Morgan fingerprint density at radius 1 is 0.800 bits per heavy atom. The molecule has 0 aliphatic rings. The number of hydrogen-bond donors (Lipinski definition) is 0. The van der Waals surface area contributed by atoms with Crippen molar-refractivity contribution in [1.29, 1.82) is 0 Å². The summed E-state index contributed by atoms with van der Waals surface area (Å²) in [5, 5.41) is 0. The van der Waals surface area contributed by atoms with Crippen LogP contribution in [-0.4, -0.2) is 5.71 Å². The third-order valence-corrected chi connectivity index (χ3v) is 3.49. The first-order valence-corrected chi connectivity index (χ1v) is 8.29. The van der Waals surface area contributed by atoms with Crippen LogP contribution in [0.25, 0.3) is 12.2 Å². The zero-order valence-corrected chi connectivity index (χ0v) is 14.4. The molecule has 2 rings (SSSR count). The topological polar surface area (TPSA) is 12.4 Å². The molecule has 0 saturated carbocycles. The fourth-order valence-electron chi connectivity index (χ4n) is 2.19. The van der Waals surface area contributed by atoms with Crippen LogP contribution in [0.3, 0.4) is 0 Å². The van der Waals surface area contributed by atoms with Crippen LogP contribution in [-0.2, 0) is 0 Å². The van der Waals surface area contributed by atoms with E-state index < -0.39 is 0 Å². The Morgan fingerprint density at radius 3 is 2.20 bits per heavy atom. The van der Waals surface area contributed by atoms with E-state index in [9.17, 15) is 0 Å². The molecule has 1 heteroatoms. The van der Waals surface area contributed by atoms with Crippen molar-refractivity contribution in [2.45, 2.75) is 6.42 Å². The molecule has 0 heterocycles. The minimum absolute atomic E-state index is 0.756. The summed E-state index contributed by atoms with van der Waals surface area (Å²) in [4.78, 5) is 4.66. The van der Waals surface area contributed by atoms with Gasteiger partial charge in [0.25, 0.3) is 0 Å². The molecular weight excluding hydrogens is 302 g/mol. The van der Waals surface area contributed by atoms with Crippen LogP contribution in [0.2, 0.25) is 0 Å². The number of rotatable bonds is 8. The standard InChI is InChI=1S/C24H23N/c1-3-5-6-8-14-22-17-19-24(20-18-22)25-23(4-2)16-11-15-21-12-9-7-10-13-21/h3-15,17-20H,1-2,16H2/b6-5-,14-8+,15-11+,25-23?. The predicted molar refractivity (Wildman–Crippen MR) is 112 cm³/mol. The van der Waals surface area contributed by atoms with Crippen LogP contribution >= 0.6 is 0 Å². The number of aliphatic imine (C=N–C) groups is 1. The van der Waals surface area contributed by atoms with Crippen LogP contribution in [0.5, 0.6) is 0 Å². The van der Waals surface area contributed by atoms with Gasteiger partial charge in [-0.15, -0.1) is 0 Å². The highest BCUT2D eigenvalue weighted by atomic mass is 14.7. The van der Waals surface area contributed by atoms with Crippen molar-refractivity contribution in [1.82, 2.24) is 0 Å². The number of benzene rings is 2. The Morgan fingerprint density at radius 2 is 1.52 bits per heavy atom. The molecule has 0 aliphatic heterocycles. The molecule has 0 fully saturated rings. The Hall–Kier alpha value is -3.19. The molecule has 2 aromatic rings. The second kappa shape index (κ2) is 10.6. The molecule has 124 valence electrons. The van der Waals surface area contributed by atoms with Gasteiger partial charge in [-0.2, -0.15) is 0 Å². The van der Waals surface area contributed by atoms with Gasteiger partial charge in [0.05, 0.1) is 5.69 Å². The number of hydrogen-bond acceptors (Lipinski definition) is 1. The molecule has 0 spiro atoms. The summed E-state index contributed by atoms with van der Waals surface area (Å²) < 4.78 is 0. The van der Waals surface area contributed by atoms with Gasteiger partial charge >= 0.3 is 0 Å².